The Bertz CT molecular complexity index is 68.5. The Hall–Kier alpha value is 0.760. The van der Waals surface area contributed by atoms with Crippen LogP contribution in [0, 0.1) is 0 Å². The SMILES string of the molecule is CC/C=C(\Cl)CI. The number of rotatable bonds is 2. The van der Waals surface area contributed by atoms with Crippen LogP contribution in [0.1, 0.15) is 13.3 Å². The summed E-state index contributed by atoms with van der Waals surface area (Å²) in [4.78, 5) is 0. The third kappa shape index (κ3) is 4.62. The van der Waals surface area contributed by atoms with Crippen LogP contribution < -0.4 is 0 Å². The summed E-state index contributed by atoms with van der Waals surface area (Å²) in [7, 11) is 0. The highest BCUT2D eigenvalue weighted by Gasteiger charge is 1.81. The molecule has 0 unspecified atom stereocenters. The molecule has 0 bridgehead atoms. The van der Waals surface area contributed by atoms with Crippen LogP contribution in [0.5, 0.6) is 0 Å². The molecule has 0 aliphatic carbocycles. The van der Waals surface area contributed by atoms with E-state index in [1.807, 2.05) is 6.08 Å². The maximum Gasteiger partial charge on any atom is 0.0351 e. The molecule has 0 heterocycles. The van der Waals surface area contributed by atoms with E-state index in [1.54, 1.807) is 0 Å². The fraction of sp³-hybridized carbons (Fsp3) is 0.600. The van der Waals surface area contributed by atoms with Crippen LogP contribution in [0.2, 0.25) is 0 Å². The summed E-state index contributed by atoms with van der Waals surface area (Å²) in [6, 6.07) is 0. The van der Waals surface area contributed by atoms with Gasteiger partial charge in [0, 0.05) is 9.46 Å². The monoisotopic (exact) mass is 230 g/mol. The van der Waals surface area contributed by atoms with Gasteiger partial charge in [-0.1, -0.05) is 47.2 Å². The Morgan fingerprint density at radius 1 is 1.86 bits per heavy atom. The van der Waals surface area contributed by atoms with Crippen molar-refractivity contribution in [3.05, 3.63) is 11.1 Å². The maximum atomic E-state index is 5.62. The van der Waals surface area contributed by atoms with Gasteiger partial charge >= 0.3 is 0 Å². The van der Waals surface area contributed by atoms with Crippen LogP contribution in [-0.2, 0) is 0 Å². The quantitative estimate of drug-likeness (QED) is 0.505. The first kappa shape index (κ1) is 7.76. The first-order valence-corrected chi connectivity index (χ1v) is 4.12. The average Bonchev–Trinajstić information content (AvgIpc) is 1.68. The molecule has 0 aliphatic heterocycles. The van der Waals surface area contributed by atoms with Crippen LogP contribution in [0.15, 0.2) is 11.1 Å². The second-order valence-electron chi connectivity index (χ2n) is 1.19. The van der Waals surface area contributed by atoms with E-state index in [0.717, 1.165) is 15.9 Å². The van der Waals surface area contributed by atoms with Gasteiger partial charge in [0.1, 0.15) is 0 Å². The third-order valence-electron chi connectivity index (χ3n) is 0.553. The van der Waals surface area contributed by atoms with Crippen molar-refractivity contribution < 1.29 is 0 Å². The predicted octanol–water partition coefficient (Wildman–Crippen LogP) is 2.95. The van der Waals surface area contributed by atoms with Crippen molar-refractivity contribution in [3.63, 3.8) is 0 Å². The highest BCUT2D eigenvalue weighted by Crippen LogP contribution is 2.05. The van der Waals surface area contributed by atoms with Gasteiger partial charge in [-0.25, -0.2) is 0 Å². The minimum absolute atomic E-state index is 0.938. The molecule has 2 heteroatoms. The second-order valence-corrected chi connectivity index (χ2v) is 2.44. The van der Waals surface area contributed by atoms with Crippen LogP contribution >= 0.6 is 34.2 Å². The standard InChI is InChI=1S/C5H8ClI/c1-2-3-5(6)4-7/h3H,2,4H2,1H3/b5-3-. The van der Waals surface area contributed by atoms with E-state index >= 15 is 0 Å². The Balaban J connectivity index is 3.29. The lowest BCUT2D eigenvalue weighted by Crippen LogP contribution is -1.67. The predicted molar refractivity (Wildman–Crippen MR) is 43.1 cm³/mol. The molecule has 0 amide bonds. The van der Waals surface area contributed by atoms with Gasteiger partial charge in [-0.15, -0.1) is 0 Å². The van der Waals surface area contributed by atoms with Crippen molar-refractivity contribution in [1.29, 1.82) is 0 Å². The molecular formula is C5H8ClI. The summed E-state index contributed by atoms with van der Waals surface area (Å²) in [5.41, 5.74) is 0. The van der Waals surface area contributed by atoms with E-state index in [-0.39, 0.29) is 0 Å². The molecule has 7 heavy (non-hydrogen) atoms. The van der Waals surface area contributed by atoms with Gasteiger partial charge in [0.15, 0.2) is 0 Å². The highest BCUT2D eigenvalue weighted by molar-refractivity contribution is 14.1. The number of halogens is 2. The van der Waals surface area contributed by atoms with Gasteiger partial charge in [-0.05, 0) is 6.42 Å². The number of hydrogen-bond acceptors (Lipinski definition) is 0. The molecule has 42 valence electrons. The first-order valence-electron chi connectivity index (χ1n) is 2.21. The molecule has 0 aromatic rings. The van der Waals surface area contributed by atoms with E-state index in [1.165, 1.54) is 0 Å². The summed E-state index contributed by atoms with van der Waals surface area (Å²) in [6.45, 7) is 2.08. The third-order valence-corrected chi connectivity index (χ3v) is 2.11. The van der Waals surface area contributed by atoms with Crippen molar-refractivity contribution in [2.24, 2.45) is 0 Å². The van der Waals surface area contributed by atoms with Crippen LogP contribution in [-0.4, -0.2) is 4.43 Å². The maximum absolute atomic E-state index is 5.62. The van der Waals surface area contributed by atoms with Gasteiger partial charge in [0.05, 0.1) is 0 Å². The second kappa shape index (κ2) is 4.91. The van der Waals surface area contributed by atoms with E-state index < -0.39 is 0 Å². The lowest BCUT2D eigenvalue weighted by atomic mass is 10.4. The molecule has 0 fully saturated rings. The molecular weight excluding hydrogens is 222 g/mol. The molecule has 0 aromatic heterocycles. The minimum Gasteiger partial charge on any atom is -0.0887 e. The number of hydrogen-bond donors (Lipinski definition) is 0. The summed E-state index contributed by atoms with van der Waals surface area (Å²) in [5.74, 6) is 0. The Labute approximate surface area is 63.1 Å². The van der Waals surface area contributed by atoms with Gasteiger partial charge in [0.2, 0.25) is 0 Å². The summed E-state index contributed by atoms with van der Waals surface area (Å²) >= 11 is 7.86. The lowest BCUT2D eigenvalue weighted by molar-refractivity contribution is 1.21. The summed E-state index contributed by atoms with van der Waals surface area (Å²) in [5, 5.41) is 0.961. The topological polar surface area (TPSA) is 0 Å². The van der Waals surface area contributed by atoms with Crippen molar-refractivity contribution in [1.82, 2.24) is 0 Å². The van der Waals surface area contributed by atoms with Gasteiger partial charge in [-0.3, -0.25) is 0 Å². The largest absolute Gasteiger partial charge is 0.0887 e. The van der Waals surface area contributed by atoms with Gasteiger partial charge in [-0.2, -0.15) is 0 Å². The van der Waals surface area contributed by atoms with Crippen LogP contribution in [0.25, 0.3) is 0 Å². The molecule has 0 radical (unpaired) electrons. The van der Waals surface area contributed by atoms with Crippen LogP contribution in [0.3, 0.4) is 0 Å². The molecule has 0 nitrogen and oxygen atoms in total. The minimum atomic E-state index is 0.938. The van der Waals surface area contributed by atoms with Crippen molar-refractivity contribution in [2.75, 3.05) is 4.43 Å². The first-order chi connectivity index (χ1) is 3.31. The normalized spacial score (nSPS) is 12.1. The van der Waals surface area contributed by atoms with E-state index in [2.05, 4.69) is 29.5 Å². The zero-order valence-electron chi connectivity index (χ0n) is 4.25. The molecule has 0 saturated heterocycles. The smallest absolute Gasteiger partial charge is 0.0351 e. The average molecular weight is 230 g/mol. The van der Waals surface area contributed by atoms with E-state index in [0.29, 0.717) is 0 Å². The van der Waals surface area contributed by atoms with Gasteiger partial charge in [0.25, 0.3) is 0 Å². The molecule has 0 N–H and O–H groups in total. The van der Waals surface area contributed by atoms with E-state index in [4.69, 9.17) is 11.6 Å². The molecule has 0 atom stereocenters. The summed E-state index contributed by atoms with van der Waals surface area (Å²) in [6.07, 6.45) is 3.07. The van der Waals surface area contributed by atoms with Crippen molar-refractivity contribution in [2.45, 2.75) is 13.3 Å². The Kier molecular flexibility index (Phi) is 5.44. The fourth-order valence-corrected chi connectivity index (χ4v) is 0.742. The number of alkyl halides is 1. The zero-order chi connectivity index (χ0) is 5.70. The zero-order valence-corrected chi connectivity index (χ0v) is 7.16. The Morgan fingerprint density at radius 3 is 2.57 bits per heavy atom. The summed E-state index contributed by atoms with van der Waals surface area (Å²) < 4.78 is 0.938. The number of allylic oxidation sites excluding steroid dienone is 2. The van der Waals surface area contributed by atoms with Gasteiger partial charge < -0.3 is 0 Å². The van der Waals surface area contributed by atoms with Crippen molar-refractivity contribution >= 4 is 34.2 Å². The molecule has 0 aliphatic rings. The molecule has 0 saturated carbocycles. The molecule has 0 spiro atoms. The fourth-order valence-electron chi connectivity index (χ4n) is 0.276. The lowest BCUT2D eigenvalue weighted by Gasteiger charge is -1.84. The van der Waals surface area contributed by atoms with Crippen molar-refractivity contribution in [3.8, 4) is 0 Å². The highest BCUT2D eigenvalue weighted by atomic mass is 127. The van der Waals surface area contributed by atoms with E-state index in [9.17, 15) is 0 Å². The van der Waals surface area contributed by atoms with Crippen LogP contribution in [0.4, 0.5) is 0 Å². The molecule has 0 rings (SSSR count). The molecule has 0 aromatic carbocycles. The Morgan fingerprint density at radius 2 is 2.43 bits per heavy atom.